The maximum absolute atomic E-state index is 6.02. The molecule has 0 spiro atoms. The first-order valence-corrected chi connectivity index (χ1v) is 8.36. The van der Waals surface area contributed by atoms with E-state index in [1.54, 1.807) is 0 Å². The summed E-state index contributed by atoms with van der Waals surface area (Å²) in [7, 11) is 0. The Morgan fingerprint density at radius 1 is 1.04 bits per heavy atom. The van der Waals surface area contributed by atoms with E-state index >= 15 is 0 Å². The zero-order chi connectivity index (χ0) is 16.8. The molecule has 2 aromatic carbocycles. The van der Waals surface area contributed by atoms with Crippen LogP contribution in [0.25, 0.3) is 6.08 Å². The number of benzene rings is 2. The molecule has 1 heterocycles. The molecule has 2 aromatic rings. The van der Waals surface area contributed by atoms with Crippen molar-refractivity contribution in [1.82, 2.24) is 0 Å². The minimum atomic E-state index is -0.144. The van der Waals surface area contributed by atoms with Crippen LogP contribution in [0.3, 0.4) is 0 Å². The number of aryl methyl sites for hydroxylation is 1. The van der Waals surface area contributed by atoms with Crippen LogP contribution < -0.4 is 9.47 Å². The van der Waals surface area contributed by atoms with Crippen molar-refractivity contribution in [2.75, 3.05) is 13.4 Å². The van der Waals surface area contributed by atoms with Gasteiger partial charge in [0, 0.05) is 0 Å². The third kappa shape index (κ3) is 4.62. The van der Waals surface area contributed by atoms with Crippen molar-refractivity contribution in [3.05, 3.63) is 65.7 Å². The van der Waals surface area contributed by atoms with Crippen LogP contribution in [0.2, 0.25) is 0 Å². The van der Waals surface area contributed by atoms with Gasteiger partial charge < -0.3 is 14.2 Å². The molecule has 0 aliphatic carbocycles. The van der Waals surface area contributed by atoms with E-state index < -0.39 is 0 Å². The highest BCUT2D eigenvalue weighted by Gasteiger charge is 2.17. The predicted molar refractivity (Wildman–Crippen MR) is 96.4 cm³/mol. The van der Waals surface area contributed by atoms with E-state index in [9.17, 15) is 0 Å². The molecule has 3 heteroatoms. The maximum atomic E-state index is 6.02. The summed E-state index contributed by atoms with van der Waals surface area (Å²) in [6, 6.07) is 16.5. The average Bonchev–Trinajstić information content (AvgIpc) is 3.06. The van der Waals surface area contributed by atoms with E-state index in [1.807, 2.05) is 30.3 Å². The van der Waals surface area contributed by atoms with Gasteiger partial charge in [-0.15, -0.1) is 0 Å². The van der Waals surface area contributed by atoms with Crippen molar-refractivity contribution in [3.63, 3.8) is 0 Å². The lowest BCUT2D eigenvalue weighted by Crippen LogP contribution is -2.25. The van der Waals surface area contributed by atoms with E-state index in [0.29, 0.717) is 13.4 Å². The molecule has 3 nitrogen and oxygen atoms in total. The Morgan fingerprint density at radius 3 is 2.67 bits per heavy atom. The Bertz CT molecular complexity index is 689. The van der Waals surface area contributed by atoms with Crippen molar-refractivity contribution >= 4 is 6.08 Å². The van der Waals surface area contributed by atoms with Crippen LogP contribution in [0, 0.1) is 0 Å². The molecule has 0 atom stereocenters. The Hall–Kier alpha value is -2.26. The highest BCUT2D eigenvalue weighted by molar-refractivity contribution is 5.56. The molecule has 0 unspecified atom stereocenters. The lowest BCUT2D eigenvalue weighted by atomic mass is 9.98. The number of hydrogen-bond acceptors (Lipinski definition) is 3. The predicted octanol–water partition coefficient (Wildman–Crippen LogP) is 4.86. The van der Waals surface area contributed by atoms with E-state index in [4.69, 9.17) is 14.2 Å². The van der Waals surface area contributed by atoms with Gasteiger partial charge in [0.15, 0.2) is 11.5 Å². The van der Waals surface area contributed by atoms with Crippen LogP contribution in [0.1, 0.15) is 31.4 Å². The quantitative estimate of drug-likeness (QED) is 0.728. The molecule has 0 fully saturated rings. The summed E-state index contributed by atoms with van der Waals surface area (Å²) in [6.45, 7) is 5.19. The first-order valence-electron chi connectivity index (χ1n) is 8.36. The van der Waals surface area contributed by atoms with E-state index in [0.717, 1.165) is 29.9 Å². The highest BCUT2D eigenvalue weighted by atomic mass is 16.7. The van der Waals surface area contributed by atoms with E-state index in [-0.39, 0.29) is 5.60 Å². The van der Waals surface area contributed by atoms with Gasteiger partial charge in [-0.25, -0.2) is 0 Å². The maximum Gasteiger partial charge on any atom is 0.231 e. The molecule has 0 saturated carbocycles. The van der Waals surface area contributed by atoms with Crippen molar-refractivity contribution in [2.45, 2.75) is 32.3 Å². The van der Waals surface area contributed by atoms with Gasteiger partial charge in [-0.1, -0.05) is 48.6 Å². The topological polar surface area (TPSA) is 27.7 Å². The summed E-state index contributed by atoms with van der Waals surface area (Å²) in [5, 5.41) is 0. The average molecular weight is 324 g/mol. The Morgan fingerprint density at radius 2 is 1.83 bits per heavy atom. The molecular weight excluding hydrogens is 300 g/mol. The Kier molecular flexibility index (Phi) is 5.21. The fraction of sp³-hybridized carbons (Fsp3) is 0.333. The number of fused-ring (bicyclic) bond motifs is 1. The van der Waals surface area contributed by atoms with Crippen LogP contribution >= 0.6 is 0 Å². The second-order valence-corrected chi connectivity index (χ2v) is 6.57. The summed E-state index contributed by atoms with van der Waals surface area (Å²) in [5.41, 5.74) is 2.30. The summed E-state index contributed by atoms with van der Waals surface area (Å²) in [4.78, 5) is 0. The van der Waals surface area contributed by atoms with Crippen LogP contribution in [-0.4, -0.2) is 19.0 Å². The van der Waals surface area contributed by atoms with E-state index in [1.165, 1.54) is 5.56 Å². The molecule has 0 bridgehead atoms. The SMILES string of the molecule is CC(C)(CCc1ccccc1)OC/C=C/c1ccc2c(c1)OCO2. The lowest BCUT2D eigenvalue weighted by molar-refractivity contribution is -0.00672. The molecule has 0 amide bonds. The van der Waals surface area contributed by atoms with Crippen molar-refractivity contribution in [1.29, 1.82) is 0 Å². The Labute approximate surface area is 143 Å². The number of hydrogen-bond donors (Lipinski definition) is 0. The van der Waals surface area contributed by atoms with Gasteiger partial charge in [0.1, 0.15) is 0 Å². The molecule has 0 N–H and O–H groups in total. The smallest absolute Gasteiger partial charge is 0.231 e. The van der Waals surface area contributed by atoms with Crippen molar-refractivity contribution in [3.8, 4) is 11.5 Å². The fourth-order valence-electron chi connectivity index (χ4n) is 2.64. The van der Waals surface area contributed by atoms with E-state index in [2.05, 4.69) is 44.2 Å². The molecule has 0 radical (unpaired) electrons. The molecule has 3 rings (SSSR count). The molecule has 1 aliphatic heterocycles. The largest absolute Gasteiger partial charge is 0.454 e. The highest BCUT2D eigenvalue weighted by Crippen LogP contribution is 2.32. The van der Waals surface area contributed by atoms with Crippen LogP contribution in [0.15, 0.2) is 54.6 Å². The van der Waals surface area contributed by atoms with Gasteiger partial charge in [-0.05, 0) is 49.9 Å². The third-order valence-electron chi connectivity index (χ3n) is 4.14. The van der Waals surface area contributed by atoms with Gasteiger partial charge in [0.2, 0.25) is 6.79 Å². The van der Waals surface area contributed by atoms with Crippen LogP contribution in [0.5, 0.6) is 11.5 Å². The molecule has 1 aliphatic rings. The number of rotatable bonds is 7. The van der Waals surface area contributed by atoms with Crippen molar-refractivity contribution in [2.24, 2.45) is 0 Å². The minimum absolute atomic E-state index is 0.144. The second kappa shape index (κ2) is 7.54. The first-order chi connectivity index (χ1) is 11.6. The molecule has 24 heavy (non-hydrogen) atoms. The standard InChI is InChI=1S/C21H24O3/c1-21(2,13-12-17-7-4-3-5-8-17)24-14-6-9-18-10-11-19-20(15-18)23-16-22-19/h3-11,15H,12-14,16H2,1-2H3/b9-6+. The van der Waals surface area contributed by atoms with Gasteiger partial charge in [-0.3, -0.25) is 0 Å². The fourth-order valence-corrected chi connectivity index (χ4v) is 2.64. The third-order valence-corrected chi connectivity index (χ3v) is 4.14. The second-order valence-electron chi connectivity index (χ2n) is 6.57. The van der Waals surface area contributed by atoms with Gasteiger partial charge in [-0.2, -0.15) is 0 Å². The lowest BCUT2D eigenvalue weighted by Gasteiger charge is -2.24. The Balaban J connectivity index is 1.46. The zero-order valence-electron chi connectivity index (χ0n) is 14.3. The molecular formula is C21H24O3. The summed E-state index contributed by atoms with van der Waals surface area (Å²) < 4.78 is 16.7. The summed E-state index contributed by atoms with van der Waals surface area (Å²) in [6.07, 6.45) is 6.12. The van der Waals surface area contributed by atoms with Gasteiger partial charge in [0.05, 0.1) is 12.2 Å². The van der Waals surface area contributed by atoms with Gasteiger partial charge >= 0.3 is 0 Å². The van der Waals surface area contributed by atoms with Crippen LogP contribution in [0.4, 0.5) is 0 Å². The molecule has 0 aromatic heterocycles. The van der Waals surface area contributed by atoms with Crippen molar-refractivity contribution < 1.29 is 14.2 Å². The molecule has 0 saturated heterocycles. The summed E-state index contributed by atoms with van der Waals surface area (Å²) >= 11 is 0. The summed E-state index contributed by atoms with van der Waals surface area (Å²) in [5.74, 6) is 1.62. The van der Waals surface area contributed by atoms with Gasteiger partial charge in [0.25, 0.3) is 0 Å². The first kappa shape index (κ1) is 16.6. The normalized spacial score (nSPS) is 13.6. The monoisotopic (exact) mass is 324 g/mol. The van der Waals surface area contributed by atoms with Crippen LogP contribution in [-0.2, 0) is 11.2 Å². The number of ether oxygens (including phenoxy) is 3. The minimum Gasteiger partial charge on any atom is -0.454 e. The molecule has 126 valence electrons. The zero-order valence-corrected chi connectivity index (χ0v) is 14.3.